The average molecular weight is 345 g/mol. The van der Waals surface area contributed by atoms with Gasteiger partial charge in [-0.3, -0.25) is 4.79 Å². The van der Waals surface area contributed by atoms with E-state index in [1.807, 2.05) is 32.0 Å². The van der Waals surface area contributed by atoms with Crippen molar-refractivity contribution >= 4 is 5.91 Å². The third-order valence-corrected chi connectivity index (χ3v) is 6.04. The maximum atomic E-state index is 12.5. The van der Waals surface area contributed by atoms with Crippen molar-refractivity contribution < 1.29 is 14.6 Å². The van der Waals surface area contributed by atoms with Crippen LogP contribution in [0.4, 0.5) is 0 Å². The minimum absolute atomic E-state index is 0.0378. The van der Waals surface area contributed by atoms with Gasteiger partial charge in [-0.15, -0.1) is 0 Å². The van der Waals surface area contributed by atoms with Crippen LogP contribution in [0.5, 0.6) is 5.75 Å². The van der Waals surface area contributed by atoms with Gasteiger partial charge in [-0.2, -0.15) is 0 Å². The van der Waals surface area contributed by atoms with Gasteiger partial charge in [-0.1, -0.05) is 45.4 Å². The number of hydrogen-bond acceptors (Lipinski definition) is 3. The van der Waals surface area contributed by atoms with Gasteiger partial charge in [-0.25, -0.2) is 0 Å². The van der Waals surface area contributed by atoms with Crippen LogP contribution in [-0.4, -0.2) is 22.7 Å². The van der Waals surface area contributed by atoms with Crippen LogP contribution in [0.25, 0.3) is 0 Å². The number of hydrogen-bond donors (Lipinski definition) is 2. The van der Waals surface area contributed by atoms with Gasteiger partial charge < -0.3 is 15.2 Å². The summed E-state index contributed by atoms with van der Waals surface area (Å²) < 4.78 is 6.45. The zero-order valence-electron chi connectivity index (χ0n) is 15.8. The molecule has 1 amide bonds. The molecule has 1 saturated heterocycles. The molecule has 2 N–H and O–H groups in total. The first-order chi connectivity index (χ1) is 11.8. The Morgan fingerprint density at radius 2 is 2.04 bits per heavy atom. The highest BCUT2D eigenvalue weighted by Gasteiger charge is 2.49. The highest BCUT2D eigenvalue weighted by Crippen LogP contribution is 2.49. The Morgan fingerprint density at radius 3 is 2.72 bits per heavy atom. The van der Waals surface area contributed by atoms with Gasteiger partial charge in [0.25, 0.3) is 0 Å². The van der Waals surface area contributed by atoms with E-state index in [1.165, 1.54) is 6.42 Å². The molecule has 1 aromatic rings. The lowest BCUT2D eigenvalue weighted by Crippen LogP contribution is -2.61. The Balaban J connectivity index is 1.91. The molecule has 25 heavy (non-hydrogen) atoms. The summed E-state index contributed by atoms with van der Waals surface area (Å²) in [5.41, 5.74) is 0.515. The van der Waals surface area contributed by atoms with Gasteiger partial charge >= 0.3 is 0 Å². The number of phenols is 1. The van der Waals surface area contributed by atoms with Crippen LogP contribution >= 0.6 is 0 Å². The molecule has 3 rings (SSSR count). The van der Waals surface area contributed by atoms with Gasteiger partial charge in [0.1, 0.15) is 5.75 Å². The molecule has 5 atom stereocenters. The quantitative estimate of drug-likeness (QED) is 0.863. The Labute approximate surface area is 151 Å². The highest BCUT2D eigenvalue weighted by molar-refractivity contribution is 5.78. The average Bonchev–Trinajstić information content (AvgIpc) is 2.54. The zero-order chi connectivity index (χ0) is 18.2. The minimum Gasteiger partial charge on any atom is -0.508 e. The van der Waals surface area contributed by atoms with E-state index in [4.69, 9.17) is 4.74 Å². The molecule has 1 saturated carbocycles. The number of aromatic hydroxyl groups is 1. The number of benzene rings is 1. The Kier molecular flexibility index (Phi) is 5.10. The van der Waals surface area contributed by atoms with Crippen LogP contribution in [-0.2, 0) is 9.53 Å². The first-order valence-electron chi connectivity index (χ1n) is 9.55. The molecular weight excluding hydrogens is 314 g/mol. The Bertz CT molecular complexity index is 629. The standard InChI is InChI=1S/C21H31NO3/c1-13(2)20(24)22-21(4)12-19(15-7-5-6-8-17(15)23)25-18-11-14(3)9-10-16(18)21/h5-8,13-14,16,18-19,23H,9-12H2,1-4H3,(H,22,24)/t14-,16-,18-,19-,21-/m1/s1. The number of carbonyl (C=O) groups is 1. The lowest BCUT2D eigenvalue weighted by molar-refractivity contribution is -0.155. The smallest absolute Gasteiger partial charge is 0.222 e. The first kappa shape index (κ1) is 18.2. The van der Waals surface area contributed by atoms with Crippen molar-refractivity contribution in [2.75, 3.05) is 0 Å². The molecule has 1 aliphatic carbocycles. The van der Waals surface area contributed by atoms with E-state index in [9.17, 15) is 9.90 Å². The second-order valence-corrected chi connectivity index (χ2v) is 8.51. The van der Waals surface area contributed by atoms with E-state index in [-0.39, 0.29) is 35.3 Å². The Morgan fingerprint density at radius 1 is 1.32 bits per heavy atom. The number of nitrogens with one attached hydrogen (secondary N) is 1. The van der Waals surface area contributed by atoms with E-state index in [2.05, 4.69) is 19.2 Å². The first-order valence-corrected chi connectivity index (χ1v) is 9.55. The summed E-state index contributed by atoms with van der Waals surface area (Å²) in [6.45, 7) is 8.29. The summed E-state index contributed by atoms with van der Waals surface area (Å²) in [6.07, 6.45) is 3.90. The molecule has 0 spiro atoms. The summed E-state index contributed by atoms with van der Waals surface area (Å²) in [5, 5.41) is 13.6. The molecule has 2 aliphatic rings. The number of phenolic OH excluding ortho intramolecular Hbond substituents is 1. The van der Waals surface area contributed by atoms with Crippen LogP contribution in [0.15, 0.2) is 24.3 Å². The fraction of sp³-hybridized carbons (Fsp3) is 0.667. The molecule has 0 radical (unpaired) electrons. The van der Waals surface area contributed by atoms with E-state index >= 15 is 0 Å². The van der Waals surface area contributed by atoms with Crippen LogP contribution in [0, 0.1) is 17.8 Å². The monoisotopic (exact) mass is 345 g/mol. The van der Waals surface area contributed by atoms with Crippen molar-refractivity contribution in [2.24, 2.45) is 17.8 Å². The molecule has 0 bridgehead atoms. The number of amides is 1. The summed E-state index contributed by atoms with van der Waals surface area (Å²) in [4.78, 5) is 12.5. The van der Waals surface area contributed by atoms with Crippen molar-refractivity contribution in [1.82, 2.24) is 5.32 Å². The molecule has 0 unspecified atom stereocenters. The molecule has 1 aromatic carbocycles. The SMILES string of the molecule is CC(C)C(=O)N[C@]1(C)C[C@H](c2ccccc2O)O[C@@H]2C[C@H](C)CC[C@H]21. The van der Waals surface area contributed by atoms with E-state index in [1.54, 1.807) is 6.07 Å². The lowest BCUT2D eigenvalue weighted by Gasteiger charge is -2.52. The van der Waals surface area contributed by atoms with E-state index in [0.29, 0.717) is 18.3 Å². The topological polar surface area (TPSA) is 58.6 Å². The minimum atomic E-state index is -0.308. The van der Waals surface area contributed by atoms with Crippen molar-refractivity contribution in [2.45, 2.75) is 71.1 Å². The van der Waals surface area contributed by atoms with Crippen LogP contribution in [0.2, 0.25) is 0 Å². The number of rotatable bonds is 3. The van der Waals surface area contributed by atoms with Crippen LogP contribution < -0.4 is 5.32 Å². The summed E-state index contributed by atoms with van der Waals surface area (Å²) in [7, 11) is 0. The van der Waals surface area contributed by atoms with Crippen molar-refractivity contribution in [1.29, 1.82) is 0 Å². The van der Waals surface area contributed by atoms with Crippen LogP contribution in [0.1, 0.15) is 65.0 Å². The molecule has 4 heteroatoms. The number of fused-ring (bicyclic) bond motifs is 1. The second kappa shape index (κ2) is 6.99. The van der Waals surface area contributed by atoms with Gasteiger partial charge in [0.15, 0.2) is 0 Å². The number of para-hydroxylation sites is 1. The molecule has 0 aromatic heterocycles. The number of carbonyl (C=O) groups excluding carboxylic acids is 1. The Hall–Kier alpha value is -1.55. The largest absolute Gasteiger partial charge is 0.508 e. The molecular formula is C21H31NO3. The molecule has 1 aliphatic heterocycles. The predicted octanol–water partition coefficient (Wildman–Crippen LogP) is 4.19. The fourth-order valence-electron chi connectivity index (χ4n) is 4.52. The molecule has 4 nitrogen and oxygen atoms in total. The van der Waals surface area contributed by atoms with Crippen LogP contribution in [0.3, 0.4) is 0 Å². The van der Waals surface area contributed by atoms with E-state index < -0.39 is 0 Å². The second-order valence-electron chi connectivity index (χ2n) is 8.51. The summed E-state index contributed by atoms with van der Waals surface area (Å²) in [6, 6.07) is 7.39. The van der Waals surface area contributed by atoms with Crippen molar-refractivity contribution in [3.05, 3.63) is 29.8 Å². The third-order valence-electron chi connectivity index (χ3n) is 6.04. The van der Waals surface area contributed by atoms with Gasteiger partial charge in [-0.05, 0) is 31.7 Å². The summed E-state index contributed by atoms with van der Waals surface area (Å²) in [5.74, 6) is 1.29. The maximum Gasteiger partial charge on any atom is 0.222 e. The van der Waals surface area contributed by atoms with Gasteiger partial charge in [0, 0.05) is 29.4 Å². The zero-order valence-corrected chi connectivity index (χ0v) is 15.8. The lowest BCUT2D eigenvalue weighted by atomic mass is 9.66. The predicted molar refractivity (Wildman–Crippen MR) is 98.2 cm³/mol. The van der Waals surface area contributed by atoms with Gasteiger partial charge in [0.2, 0.25) is 5.91 Å². The normalized spacial score (nSPS) is 35.2. The maximum absolute atomic E-state index is 12.5. The third kappa shape index (κ3) is 3.69. The number of ether oxygens (including phenoxy) is 1. The van der Waals surface area contributed by atoms with Crippen molar-refractivity contribution in [3.63, 3.8) is 0 Å². The van der Waals surface area contributed by atoms with E-state index in [0.717, 1.165) is 18.4 Å². The molecule has 2 fully saturated rings. The highest BCUT2D eigenvalue weighted by atomic mass is 16.5. The molecule has 1 heterocycles. The molecule has 138 valence electrons. The summed E-state index contributed by atoms with van der Waals surface area (Å²) >= 11 is 0. The van der Waals surface area contributed by atoms with Crippen molar-refractivity contribution in [3.8, 4) is 5.75 Å². The van der Waals surface area contributed by atoms with Gasteiger partial charge in [0.05, 0.1) is 12.2 Å². The fourth-order valence-corrected chi connectivity index (χ4v) is 4.52.